The number of carbonyl (C=O) groups excluding carboxylic acids is 1. The van der Waals surface area contributed by atoms with Crippen LogP contribution in [0.3, 0.4) is 0 Å². The number of unbranched alkanes of at least 4 members (excludes halogenated alkanes) is 1. The van der Waals surface area contributed by atoms with Crippen LogP contribution >= 0.6 is 11.8 Å². The Kier molecular flexibility index (Phi) is 9.74. The summed E-state index contributed by atoms with van der Waals surface area (Å²) in [5.74, 6) is 2.17. The number of nitrogens with zero attached hydrogens (tertiary/aromatic N) is 2. The highest BCUT2D eigenvalue weighted by molar-refractivity contribution is 7.98. The van der Waals surface area contributed by atoms with E-state index in [9.17, 15) is 4.79 Å². The zero-order valence-electron chi connectivity index (χ0n) is 18.2. The van der Waals surface area contributed by atoms with Crippen LogP contribution in [-0.4, -0.2) is 60.7 Å². The molecule has 0 atom stereocenters. The van der Waals surface area contributed by atoms with E-state index in [1.54, 1.807) is 0 Å². The summed E-state index contributed by atoms with van der Waals surface area (Å²) in [6, 6.07) is 18.7. The molecule has 2 aromatic carbocycles. The van der Waals surface area contributed by atoms with Crippen LogP contribution in [0.5, 0.6) is 0 Å². The molecular weight excluding hydrogens is 390 g/mol. The molecule has 0 aromatic heterocycles. The molecule has 1 aliphatic heterocycles. The lowest BCUT2D eigenvalue weighted by Gasteiger charge is -2.34. The maximum absolute atomic E-state index is 12.3. The highest BCUT2D eigenvalue weighted by Crippen LogP contribution is 2.13. The van der Waals surface area contributed by atoms with Crippen LogP contribution in [0, 0.1) is 0 Å². The Labute approximate surface area is 186 Å². The number of thioether (sulfide) groups is 1. The first-order valence-corrected chi connectivity index (χ1v) is 12.3. The number of hydrogen-bond donors (Lipinski definition) is 1. The van der Waals surface area contributed by atoms with Crippen molar-refractivity contribution in [3.8, 4) is 0 Å². The maximum Gasteiger partial charge on any atom is 0.251 e. The van der Waals surface area contributed by atoms with Crippen LogP contribution < -0.4 is 5.32 Å². The van der Waals surface area contributed by atoms with E-state index < -0.39 is 0 Å². The molecule has 3 rings (SSSR count). The van der Waals surface area contributed by atoms with Gasteiger partial charge in [0.1, 0.15) is 0 Å². The van der Waals surface area contributed by atoms with Crippen LogP contribution in [0.2, 0.25) is 0 Å². The molecular formula is C25H35N3OS. The van der Waals surface area contributed by atoms with Crippen LogP contribution in [-0.2, 0) is 12.3 Å². The topological polar surface area (TPSA) is 35.6 Å². The minimum atomic E-state index is 0.0409. The molecule has 1 amide bonds. The molecule has 0 saturated carbocycles. The number of carbonyl (C=O) groups is 1. The van der Waals surface area contributed by atoms with Crippen LogP contribution in [0.4, 0.5) is 0 Å². The highest BCUT2D eigenvalue weighted by atomic mass is 32.2. The number of rotatable bonds is 11. The molecule has 0 bridgehead atoms. The summed E-state index contributed by atoms with van der Waals surface area (Å²) in [5, 5.41) is 3.06. The molecule has 5 heteroatoms. The Morgan fingerprint density at radius 3 is 2.30 bits per heavy atom. The Bertz CT molecular complexity index is 743. The van der Waals surface area contributed by atoms with Crippen molar-refractivity contribution < 1.29 is 4.79 Å². The minimum absolute atomic E-state index is 0.0409. The molecule has 162 valence electrons. The summed E-state index contributed by atoms with van der Waals surface area (Å²) in [5.41, 5.74) is 3.44. The van der Waals surface area contributed by atoms with Gasteiger partial charge in [-0.3, -0.25) is 9.69 Å². The molecule has 1 aliphatic rings. The van der Waals surface area contributed by atoms with Crippen molar-refractivity contribution in [2.24, 2.45) is 0 Å². The summed E-state index contributed by atoms with van der Waals surface area (Å²) in [6.07, 6.45) is 2.16. The minimum Gasteiger partial charge on any atom is -0.352 e. The van der Waals surface area contributed by atoms with Gasteiger partial charge in [0.2, 0.25) is 0 Å². The molecule has 1 heterocycles. The van der Waals surface area contributed by atoms with Gasteiger partial charge in [0.05, 0.1) is 0 Å². The van der Waals surface area contributed by atoms with Crippen molar-refractivity contribution in [1.29, 1.82) is 0 Å². The first-order valence-electron chi connectivity index (χ1n) is 11.2. The van der Waals surface area contributed by atoms with E-state index in [2.05, 4.69) is 64.5 Å². The number of hydrogen-bond acceptors (Lipinski definition) is 4. The van der Waals surface area contributed by atoms with Gasteiger partial charge >= 0.3 is 0 Å². The van der Waals surface area contributed by atoms with Gasteiger partial charge in [-0.15, -0.1) is 0 Å². The van der Waals surface area contributed by atoms with Gasteiger partial charge in [-0.2, -0.15) is 11.8 Å². The number of nitrogens with one attached hydrogen (secondary N) is 1. The third-order valence-corrected chi connectivity index (χ3v) is 6.54. The quantitative estimate of drug-likeness (QED) is 0.546. The van der Waals surface area contributed by atoms with E-state index in [4.69, 9.17) is 0 Å². The second-order valence-corrected chi connectivity index (χ2v) is 9.17. The standard InChI is InChI=1S/C25H35N3OS/c1-2-30-21-23-10-12-24(13-11-23)25(29)26-14-6-7-15-27-16-18-28(19-17-27)20-22-8-4-3-5-9-22/h3-5,8-13H,2,6-7,14-21H2,1H3,(H,26,29). The lowest BCUT2D eigenvalue weighted by molar-refractivity contribution is 0.0951. The average Bonchev–Trinajstić information content (AvgIpc) is 2.79. The summed E-state index contributed by atoms with van der Waals surface area (Å²) in [7, 11) is 0. The monoisotopic (exact) mass is 425 g/mol. The Morgan fingerprint density at radius 2 is 1.60 bits per heavy atom. The van der Waals surface area contributed by atoms with E-state index in [-0.39, 0.29) is 5.91 Å². The van der Waals surface area contributed by atoms with Gasteiger partial charge in [0, 0.05) is 50.6 Å². The molecule has 4 nitrogen and oxygen atoms in total. The number of amides is 1. The maximum atomic E-state index is 12.3. The van der Waals surface area contributed by atoms with Crippen molar-refractivity contribution in [2.45, 2.75) is 32.1 Å². The molecule has 0 spiro atoms. The van der Waals surface area contributed by atoms with E-state index >= 15 is 0 Å². The van der Waals surface area contributed by atoms with Gasteiger partial charge < -0.3 is 10.2 Å². The second kappa shape index (κ2) is 12.8. The fourth-order valence-corrected chi connectivity index (χ4v) is 4.38. The predicted molar refractivity (Wildman–Crippen MR) is 128 cm³/mol. The second-order valence-electron chi connectivity index (χ2n) is 7.90. The Balaban J connectivity index is 1.25. The van der Waals surface area contributed by atoms with Gasteiger partial charge in [-0.05, 0) is 48.4 Å². The van der Waals surface area contributed by atoms with Crippen molar-refractivity contribution in [2.75, 3.05) is 45.0 Å². The first-order chi connectivity index (χ1) is 14.7. The summed E-state index contributed by atoms with van der Waals surface area (Å²) in [4.78, 5) is 17.4. The van der Waals surface area contributed by atoms with Crippen LogP contribution in [0.15, 0.2) is 54.6 Å². The van der Waals surface area contributed by atoms with E-state index in [0.29, 0.717) is 0 Å². The third-order valence-electron chi connectivity index (χ3n) is 5.59. The fraction of sp³-hybridized carbons (Fsp3) is 0.480. The Hall–Kier alpha value is -1.82. The molecule has 1 fully saturated rings. The summed E-state index contributed by atoms with van der Waals surface area (Å²) < 4.78 is 0. The molecule has 1 saturated heterocycles. The van der Waals surface area contributed by atoms with E-state index in [1.807, 2.05) is 23.9 Å². The largest absolute Gasteiger partial charge is 0.352 e. The summed E-state index contributed by atoms with van der Waals surface area (Å²) >= 11 is 1.90. The van der Waals surface area contributed by atoms with Crippen molar-refractivity contribution in [3.05, 3.63) is 71.3 Å². The van der Waals surface area contributed by atoms with Gasteiger partial charge in [0.15, 0.2) is 0 Å². The van der Waals surface area contributed by atoms with E-state index in [0.717, 1.165) is 75.7 Å². The average molecular weight is 426 g/mol. The molecule has 0 radical (unpaired) electrons. The highest BCUT2D eigenvalue weighted by Gasteiger charge is 2.16. The number of benzene rings is 2. The van der Waals surface area contributed by atoms with Gasteiger partial charge in [0.25, 0.3) is 5.91 Å². The van der Waals surface area contributed by atoms with Crippen molar-refractivity contribution in [1.82, 2.24) is 15.1 Å². The van der Waals surface area contributed by atoms with Crippen LogP contribution in [0.1, 0.15) is 41.3 Å². The predicted octanol–water partition coefficient (Wildman–Crippen LogP) is 4.27. The molecule has 2 aromatic rings. The van der Waals surface area contributed by atoms with Crippen LogP contribution in [0.25, 0.3) is 0 Å². The van der Waals surface area contributed by atoms with E-state index in [1.165, 1.54) is 11.1 Å². The molecule has 1 N–H and O–H groups in total. The Morgan fingerprint density at radius 1 is 0.900 bits per heavy atom. The molecule has 0 aliphatic carbocycles. The fourth-order valence-electron chi connectivity index (χ4n) is 3.75. The molecule has 30 heavy (non-hydrogen) atoms. The number of piperazine rings is 1. The smallest absolute Gasteiger partial charge is 0.251 e. The molecule has 0 unspecified atom stereocenters. The lowest BCUT2D eigenvalue weighted by atomic mass is 10.1. The first kappa shape index (κ1) is 22.9. The van der Waals surface area contributed by atoms with Gasteiger partial charge in [-0.25, -0.2) is 0 Å². The normalized spacial score (nSPS) is 15.2. The zero-order valence-corrected chi connectivity index (χ0v) is 19.0. The van der Waals surface area contributed by atoms with Gasteiger partial charge in [-0.1, -0.05) is 49.4 Å². The third kappa shape index (κ3) is 7.78. The van der Waals surface area contributed by atoms with Crippen molar-refractivity contribution in [3.63, 3.8) is 0 Å². The SMILES string of the molecule is CCSCc1ccc(C(=O)NCCCCN2CCN(Cc3ccccc3)CC2)cc1. The zero-order chi connectivity index (χ0) is 21.0. The van der Waals surface area contributed by atoms with Crippen molar-refractivity contribution >= 4 is 17.7 Å². The lowest BCUT2D eigenvalue weighted by Crippen LogP contribution is -2.46. The summed E-state index contributed by atoms with van der Waals surface area (Å²) in [6.45, 7) is 9.65.